The lowest BCUT2D eigenvalue weighted by molar-refractivity contribution is 0.369. The second-order valence-electron chi connectivity index (χ2n) is 6.44. The van der Waals surface area contributed by atoms with Gasteiger partial charge < -0.3 is 15.2 Å². The average molecular weight is 331 g/mol. The zero-order valence-corrected chi connectivity index (χ0v) is 14.7. The van der Waals surface area contributed by atoms with Gasteiger partial charge in [0.2, 0.25) is 0 Å². The highest BCUT2D eigenvalue weighted by Crippen LogP contribution is 2.14. The summed E-state index contributed by atoms with van der Waals surface area (Å²) in [7, 11) is 1.77. The van der Waals surface area contributed by atoms with Crippen molar-refractivity contribution >= 4 is 5.96 Å². The van der Waals surface area contributed by atoms with Gasteiger partial charge in [0.25, 0.3) is 0 Å². The molecule has 1 aliphatic heterocycles. The smallest absolute Gasteiger partial charge is 0.191 e. The van der Waals surface area contributed by atoms with Crippen molar-refractivity contribution in [1.82, 2.24) is 30.6 Å². The molecule has 0 radical (unpaired) electrons. The highest BCUT2D eigenvalue weighted by Gasteiger charge is 2.21. The van der Waals surface area contributed by atoms with Gasteiger partial charge in [-0.15, -0.1) is 0 Å². The van der Waals surface area contributed by atoms with Crippen molar-refractivity contribution in [3.8, 4) is 0 Å². The molecule has 2 aromatic rings. The fourth-order valence-electron chi connectivity index (χ4n) is 2.79. The number of aryl methyl sites for hydroxylation is 2. The minimum Gasteiger partial charge on any atom is -0.359 e. The second-order valence-corrected chi connectivity index (χ2v) is 6.44. The van der Waals surface area contributed by atoms with Crippen LogP contribution in [0.3, 0.4) is 0 Å². The van der Waals surface area contributed by atoms with Crippen molar-refractivity contribution in [1.29, 1.82) is 0 Å². The number of rotatable bonds is 4. The topological polar surface area (TPSA) is 93.2 Å². The van der Waals surface area contributed by atoms with Crippen LogP contribution in [0, 0.1) is 6.92 Å². The molecule has 1 unspecified atom stereocenters. The first-order chi connectivity index (χ1) is 11.5. The van der Waals surface area contributed by atoms with E-state index >= 15 is 0 Å². The highest BCUT2D eigenvalue weighted by molar-refractivity contribution is 5.79. The van der Waals surface area contributed by atoms with Crippen LogP contribution in [0.2, 0.25) is 0 Å². The van der Waals surface area contributed by atoms with Crippen molar-refractivity contribution in [2.45, 2.75) is 58.7 Å². The summed E-state index contributed by atoms with van der Waals surface area (Å²) in [6.45, 7) is 7.48. The van der Waals surface area contributed by atoms with Gasteiger partial charge in [-0.05, 0) is 19.3 Å². The lowest BCUT2D eigenvalue weighted by atomic mass is 10.1. The number of hydrogen-bond acceptors (Lipinski definition) is 5. The van der Waals surface area contributed by atoms with E-state index in [-0.39, 0.29) is 6.04 Å². The molecule has 1 atom stereocenters. The van der Waals surface area contributed by atoms with Gasteiger partial charge in [-0.2, -0.15) is 5.10 Å². The number of nitrogens with zero attached hydrogens (tertiary/aromatic N) is 5. The van der Waals surface area contributed by atoms with E-state index in [1.807, 2.05) is 17.7 Å². The zero-order valence-electron chi connectivity index (χ0n) is 14.7. The third-order valence-electron chi connectivity index (χ3n) is 4.13. The molecule has 0 aromatic carbocycles. The lowest BCUT2D eigenvalue weighted by Gasteiger charge is -2.25. The fourth-order valence-corrected chi connectivity index (χ4v) is 2.79. The summed E-state index contributed by atoms with van der Waals surface area (Å²) in [4.78, 5) is 8.72. The maximum atomic E-state index is 5.34. The van der Waals surface area contributed by atoms with Gasteiger partial charge in [0.05, 0.1) is 18.8 Å². The quantitative estimate of drug-likeness (QED) is 0.649. The van der Waals surface area contributed by atoms with Crippen LogP contribution in [-0.2, 0) is 19.5 Å². The van der Waals surface area contributed by atoms with Gasteiger partial charge in [-0.25, -0.2) is 9.67 Å². The Kier molecular flexibility index (Phi) is 4.82. The predicted molar refractivity (Wildman–Crippen MR) is 90.8 cm³/mol. The highest BCUT2D eigenvalue weighted by atomic mass is 16.5. The Morgan fingerprint density at radius 1 is 1.50 bits per heavy atom. The Bertz CT molecular complexity index is 716. The van der Waals surface area contributed by atoms with E-state index in [0.29, 0.717) is 12.5 Å². The summed E-state index contributed by atoms with van der Waals surface area (Å²) in [5.74, 6) is 3.82. The van der Waals surface area contributed by atoms with E-state index < -0.39 is 0 Å². The molecule has 2 aromatic heterocycles. The largest absolute Gasteiger partial charge is 0.359 e. The molecular weight excluding hydrogens is 306 g/mol. The molecule has 0 aliphatic carbocycles. The summed E-state index contributed by atoms with van der Waals surface area (Å²) in [6, 6.07) is 2.27. The molecule has 0 amide bonds. The van der Waals surface area contributed by atoms with Crippen molar-refractivity contribution < 1.29 is 4.52 Å². The van der Waals surface area contributed by atoms with Crippen LogP contribution < -0.4 is 10.6 Å². The van der Waals surface area contributed by atoms with Crippen LogP contribution >= 0.6 is 0 Å². The molecule has 0 saturated carbocycles. The zero-order chi connectivity index (χ0) is 17.1. The molecule has 8 nitrogen and oxygen atoms in total. The molecule has 0 fully saturated rings. The Morgan fingerprint density at radius 3 is 3.04 bits per heavy atom. The normalized spacial score (nSPS) is 17.9. The molecule has 3 heterocycles. The molecule has 8 heteroatoms. The van der Waals surface area contributed by atoms with Crippen molar-refractivity contribution in [2.75, 3.05) is 7.05 Å². The van der Waals surface area contributed by atoms with E-state index in [9.17, 15) is 0 Å². The van der Waals surface area contributed by atoms with Crippen LogP contribution in [-0.4, -0.2) is 39.0 Å². The molecule has 3 rings (SSSR count). The van der Waals surface area contributed by atoms with Crippen LogP contribution in [0.25, 0.3) is 0 Å². The summed E-state index contributed by atoms with van der Waals surface area (Å²) in [6.07, 6.45) is 1.94. The van der Waals surface area contributed by atoms with Crippen molar-refractivity contribution in [3.63, 3.8) is 0 Å². The van der Waals surface area contributed by atoms with Crippen LogP contribution in [0.1, 0.15) is 49.3 Å². The molecule has 0 bridgehead atoms. The maximum Gasteiger partial charge on any atom is 0.191 e. The third kappa shape index (κ3) is 3.74. The monoisotopic (exact) mass is 331 g/mol. The predicted octanol–water partition coefficient (Wildman–Crippen LogP) is 1.38. The summed E-state index contributed by atoms with van der Waals surface area (Å²) in [5, 5.41) is 15.2. The SMILES string of the molecule is CN=C(NCc1cc(C(C)C)no1)NC1CCc2nc(C)nn2C1. The first-order valence-electron chi connectivity index (χ1n) is 8.38. The summed E-state index contributed by atoms with van der Waals surface area (Å²) >= 11 is 0. The molecule has 0 spiro atoms. The second kappa shape index (κ2) is 7.02. The van der Waals surface area contributed by atoms with Crippen molar-refractivity contribution in [2.24, 2.45) is 4.99 Å². The number of aliphatic imine (C=N–C) groups is 1. The van der Waals surface area contributed by atoms with Gasteiger partial charge >= 0.3 is 0 Å². The average Bonchev–Trinajstić information content (AvgIpc) is 3.16. The number of guanidine groups is 1. The van der Waals surface area contributed by atoms with Gasteiger partial charge in [0.1, 0.15) is 11.6 Å². The molecular formula is C16H25N7O. The van der Waals surface area contributed by atoms with E-state index in [2.05, 4.69) is 44.7 Å². The number of hydrogen-bond donors (Lipinski definition) is 2. The Hall–Kier alpha value is -2.38. The molecule has 24 heavy (non-hydrogen) atoms. The number of nitrogens with one attached hydrogen (secondary N) is 2. The lowest BCUT2D eigenvalue weighted by Crippen LogP contribution is -2.46. The van der Waals surface area contributed by atoms with Crippen LogP contribution in [0.5, 0.6) is 0 Å². The fraction of sp³-hybridized carbons (Fsp3) is 0.625. The summed E-state index contributed by atoms with van der Waals surface area (Å²) < 4.78 is 7.32. The molecule has 1 aliphatic rings. The molecule has 130 valence electrons. The Balaban J connectivity index is 1.53. The van der Waals surface area contributed by atoms with E-state index in [1.165, 1.54) is 0 Å². The number of aromatic nitrogens is 4. The van der Waals surface area contributed by atoms with E-state index in [0.717, 1.165) is 48.4 Å². The standard InChI is InChI=1S/C16H25N7O/c1-10(2)14-7-13(24-22-14)8-18-16(17-4)20-12-5-6-15-19-11(3)21-23(15)9-12/h7,10,12H,5-6,8-9H2,1-4H3,(H2,17,18,20). The molecule has 0 saturated heterocycles. The first kappa shape index (κ1) is 16.5. The third-order valence-corrected chi connectivity index (χ3v) is 4.13. The minimum absolute atomic E-state index is 0.283. The first-order valence-corrected chi connectivity index (χ1v) is 8.38. The van der Waals surface area contributed by atoms with E-state index in [4.69, 9.17) is 4.52 Å². The van der Waals surface area contributed by atoms with Gasteiger partial charge in [0.15, 0.2) is 11.7 Å². The van der Waals surface area contributed by atoms with Crippen LogP contribution in [0.4, 0.5) is 0 Å². The van der Waals surface area contributed by atoms with Crippen LogP contribution in [0.15, 0.2) is 15.6 Å². The van der Waals surface area contributed by atoms with Crippen molar-refractivity contribution in [3.05, 3.63) is 29.2 Å². The minimum atomic E-state index is 0.283. The maximum absolute atomic E-state index is 5.34. The Morgan fingerprint density at radius 2 is 2.33 bits per heavy atom. The van der Waals surface area contributed by atoms with Gasteiger partial charge in [0, 0.05) is 25.6 Å². The van der Waals surface area contributed by atoms with Gasteiger partial charge in [-0.1, -0.05) is 19.0 Å². The summed E-state index contributed by atoms with van der Waals surface area (Å²) in [5.41, 5.74) is 0.969. The molecule has 2 N–H and O–H groups in total. The van der Waals surface area contributed by atoms with Gasteiger partial charge in [-0.3, -0.25) is 4.99 Å². The Labute approximate surface area is 141 Å². The number of fused-ring (bicyclic) bond motifs is 1. The van der Waals surface area contributed by atoms with E-state index in [1.54, 1.807) is 7.05 Å².